The quantitative estimate of drug-likeness (QED) is 0.824. The number of hydrogen-bond donors (Lipinski definition) is 0. The van der Waals surface area contributed by atoms with Crippen LogP contribution in [0, 0.1) is 0 Å². The highest BCUT2D eigenvalue weighted by Crippen LogP contribution is 2.38. The van der Waals surface area contributed by atoms with Crippen LogP contribution in [0.1, 0.15) is 25.0 Å². The SMILES string of the molecule is CCN(Cc1ccoc1)S(=O)(=O)c1cc(Cl)c2c(c1)CC(C)O2. The van der Waals surface area contributed by atoms with Gasteiger partial charge < -0.3 is 9.15 Å². The normalized spacial score (nSPS) is 17.3. The lowest BCUT2D eigenvalue weighted by atomic mass is 10.1. The van der Waals surface area contributed by atoms with Gasteiger partial charge in [0, 0.05) is 30.6 Å². The van der Waals surface area contributed by atoms with Crippen LogP contribution in [-0.4, -0.2) is 25.4 Å². The van der Waals surface area contributed by atoms with Crippen molar-refractivity contribution in [2.75, 3.05) is 6.54 Å². The molecule has 0 radical (unpaired) electrons. The van der Waals surface area contributed by atoms with Crippen LogP contribution in [0.3, 0.4) is 0 Å². The van der Waals surface area contributed by atoms with Crippen LogP contribution in [0.25, 0.3) is 0 Å². The maximum absolute atomic E-state index is 12.9. The third-order valence-corrected chi connectivity index (χ3v) is 6.03. The third kappa shape index (κ3) is 3.11. The van der Waals surface area contributed by atoms with Crippen molar-refractivity contribution in [1.82, 2.24) is 4.31 Å². The molecule has 23 heavy (non-hydrogen) atoms. The van der Waals surface area contributed by atoms with Gasteiger partial charge in [0.15, 0.2) is 0 Å². The maximum atomic E-state index is 12.9. The minimum Gasteiger partial charge on any atom is -0.489 e. The monoisotopic (exact) mass is 355 g/mol. The van der Waals surface area contributed by atoms with Crippen molar-refractivity contribution >= 4 is 21.6 Å². The summed E-state index contributed by atoms with van der Waals surface area (Å²) in [5.41, 5.74) is 1.64. The predicted octanol–water partition coefficient (Wildman–Crippen LogP) is 3.47. The van der Waals surface area contributed by atoms with Crippen molar-refractivity contribution in [2.45, 2.75) is 37.8 Å². The van der Waals surface area contributed by atoms with Crippen molar-refractivity contribution in [3.8, 4) is 5.75 Å². The summed E-state index contributed by atoms with van der Waals surface area (Å²) in [6, 6.07) is 4.88. The highest BCUT2D eigenvalue weighted by atomic mass is 35.5. The van der Waals surface area contributed by atoms with E-state index in [2.05, 4.69) is 0 Å². The second-order valence-corrected chi connectivity index (χ2v) is 7.93. The zero-order valence-electron chi connectivity index (χ0n) is 13.0. The molecule has 0 saturated carbocycles. The molecule has 0 N–H and O–H groups in total. The summed E-state index contributed by atoms with van der Waals surface area (Å²) in [4.78, 5) is 0.198. The lowest BCUT2D eigenvalue weighted by Crippen LogP contribution is -2.30. The molecule has 2 heterocycles. The predicted molar refractivity (Wildman–Crippen MR) is 87.2 cm³/mol. The number of sulfonamides is 1. The van der Waals surface area contributed by atoms with Crippen LogP contribution in [0.2, 0.25) is 5.02 Å². The van der Waals surface area contributed by atoms with Crippen molar-refractivity contribution in [1.29, 1.82) is 0 Å². The van der Waals surface area contributed by atoms with Crippen LogP contribution in [0.5, 0.6) is 5.75 Å². The molecular formula is C16H18ClNO4S. The van der Waals surface area contributed by atoms with Crippen molar-refractivity contribution < 1.29 is 17.6 Å². The summed E-state index contributed by atoms with van der Waals surface area (Å²) in [5.74, 6) is 0.594. The Hall–Kier alpha value is -1.50. The molecule has 1 aliphatic rings. The van der Waals surface area contributed by atoms with E-state index in [-0.39, 0.29) is 17.5 Å². The fourth-order valence-electron chi connectivity index (χ4n) is 2.71. The average molecular weight is 356 g/mol. The molecule has 3 rings (SSSR count). The van der Waals surface area contributed by atoms with Gasteiger partial charge in [-0.1, -0.05) is 18.5 Å². The standard InChI is InChI=1S/C16H18ClNO4S/c1-3-18(9-12-4-5-21-10-12)23(19,20)14-7-13-6-11(2)22-16(13)15(17)8-14/h4-5,7-8,10-11H,3,6,9H2,1-2H3. The smallest absolute Gasteiger partial charge is 0.243 e. The minimum absolute atomic E-state index is 0.00802. The molecule has 0 bridgehead atoms. The lowest BCUT2D eigenvalue weighted by Gasteiger charge is -2.20. The first-order valence-electron chi connectivity index (χ1n) is 7.42. The van der Waals surface area contributed by atoms with E-state index in [1.54, 1.807) is 25.3 Å². The number of hydrogen-bond acceptors (Lipinski definition) is 4. The molecule has 0 spiro atoms. The van der Waals surface area contributed by atoms with Crippen LogP contribution >= 0.6 is 11.6 Å². The number of halogens is 1. The van der Waals surface area contributed by atoms with Crippen LogP contribution < -0.4 is 4.74 Å². The molecule has 1 unspecified atom stereocenters. The fraction of sp³-hybridized carbons (Fsp3) is 0.375. The summed E-state index contributed by atoms with van der Waals surface area (Å²) in [5, 5.41) is 0.338. The van der Waals surface area contributed by atoms with Crippen LogP contribution in [-0.2, 0) is 23.0 Å². The van der Waals surface area contributed by atoms with Gasteiger partial charge in [-0.2, -0.15) is 4.31 Å². The summed E-state index contributed by atoms with van der Waals surface area (Å²) in [6.07, 6.45) is 3.74. The molecule has 7 heteroatoms. The van der Waals surface area contributed by atoms with Gasteiger partial charge in [-0.3, -0.25) is 0 Å². The Bertz CT molecular complexity index is 802. The molecule has 0 saturated heterocycles. The molecular weight excluding hydrogens is 338 g/mol. The Morgan fingerprint density at radius 1 is 1.39 bits per heavy atom. The van der Waals surface area contributed by atoms with Crippen molar-refractivity contribution in [2.24, 2.45) is 0 Å². The second kappa shape index (κ2) is 6.19. The number of ether oxygens (including phenoxy) is 1. The maximum Gasteiger partial charge on any atom is 0.243 e. The van der Waals surface area contributed by atoms with Gasteiger partial charge in [-0.15, -0.1) is 0 Å². The minimum atomic E-state index is -3.64. The van der Waals surface area contributed by atoms with Gasteiger partial charge in [0.25, 0.3) is 0 Å². The van der Waals surface area contributed by atoms with Crippen LogP contribution in [0.4, 0.5) is 0 Å². The van der Waals surface area contributed by atoms with Crippen molar-refractivity contribution in [3.63, 3.8) is 0 Å². The number of furan rings is 1. The zero-order chi connectivity index (χ0) is 16.6. The lowest BCUT2D eigenvalue weighted by molar-refractivity contribution is 0.255. The Kier molecular flexibility index (Phi) is 4.40. The van der Waals surface area contributed by atoms with E-state index in [1.807, 2.05) is 6.92 Å². The molecule has 1 aromatic heterocycles. The number of fused-ring (bicyclic) bond motifs is 1. The average Bonchev–Trinajstić information content (AvgIpc) is 3.13. The number of benzene rings is 1. The molecule has 1 aliphatic heterocycles. The van der Waals surface area contributed by atoms with Gasteiger partial charge in [-0.25, -0.2) is 8.42 Å². The molecule has 0 amide bonds. The van der Waals surface area contributed by atoms with Crippen LogP contribution in [0.15, 0.2) is 40.0 Å². The summed E-state index contributed by atoms with van der Waals surface area (Å²) in [7, 11) is -3.64. The summed E-state index contributed by atoms with van der Waals surface area (Å²) < 4.78 is 37.9. The Morgan fingerprint density at radius 2 is 2.17 bits per heavy atom. The highest BCUT2D eigenvalue weighted by Gasteiger charge is 2.29. The number of nitrogens with zero attached hydrogens (tertiary/aromatic N) is 1. The van der Waals surface area contributed by atoms with E-state index in [0.717, 1.165) is 11.1 Å². The molecule has 1 aromatic carbocycles. The number of rotatable bonds is 5. The Labute approximate surface area is 140 Å². The first-order valence-corrected chi connectivity index (χ1v) is 9.24. The van der Waals surface area contributed by atoms with E-state index in [9.17, 15) is 8.42 Å². The summed E-state index contributed by atoms with van der Waals surface area (Å²) >= 11 is 6.21. The second-order valence-electron chi connectivity index (χ2n) is 5.59. The largest absolute Gasteiger partial charge is 0.489 e. The van der Waals surface area contributed by atoms with Gasteiger partial charge in [0.1, 0.15) is 11.9 Å². The molecule has 5 nitrogen and oxygen atoms in total. The summed E-state index contributed by atoms with van der Waals surface area (Å²) in [6.45, 7) is 4.35. The fourth-order valence-corrected chi connectivity index (χ4v) is 4.57. The molecule has 1 atom stereocenters. The first-order chi connectivity index (χ1) is 10.9. The van der Waals surface area contributed by atoms with E-state index in [0.29, 0.717) is 23.7 Å². The van der Waals surface area contributed by atoms with Crippen molar-refractivity contribution in [3.05, 3.63) is 46.9 Å². The van der Waals surface area contributed by atoms with Gasteiger partial charge in [-0.05, 0) is 25.1 Å². The third-order valence-electron chi connectivity index (χ3n) is 3.85. The molecule has 0 aliphatic carbocycles. The Balaban J connectivity index is 1.96. The molecule has 2 aromatic rings. The first kappa shape index (κ1) is 16.4. The van der Waals surface area contributed by atoms with E-state index >= 15 is 0 Å². The topological polar surface area (TPSA) is 59.8 Å². The molecule has 124 valence electrons. The van der Waals surface area contributed by atoms with Gasteiger partial charge in [0.05, 0.1) is 22.4 Å². The Morgan fingerprint density at radius 3 is 2.83 bits per heavy atom. The van der Waals surface area contributed by atoms with E-state index in [4.69, 9.17) is 20.8 Å². The highest BCUT2D eigenvalue weighted by molar-refractivity contribution is 7.89. The zero-order valence-corrected chi connectivity index (χ0v) is 14.5. The van der Waals surface area contributed by atoms with E-state index < -0.39 is 10.0 Å². The van der Waals surface area contributed by atoms with Gasteiger partial charge >= 0.3 is 0 Å². The van der Waals surface area contributed by atoms with Gasteiger partial charge in [0.2, 0.25) is 10.0 Å². The van der Waals surface area contributed by atoms with E-state index in [1.165, 1.54) is 16.6 Å². The molecule has 0 fully saturated rings.